The van der Waals surface area contributed by atoms with Gasteiger partial charge in [-0.05, 0) is 41.3 Å². The van der Waals surface area contributed by atoms with Crippen molar-refractivity contribution < 1.29 is 14.3 Å². The first-order valence-corrected chi connectivity index (χ1v) is 9.74. The van der Waals surface area contributed by atoms with E-state index in [2.05, 4.69) is 5.32 Å². The van der Waals surface area contributed by atoms with Crippen molar-refractivity contribution in [1.82, 2.24) is 5.32 Å². The van der Waals surface area contributed by atoms with E-state index >= 15 is 0 Å². The fraction of sp³-hybridized carbons (Fsp3) is 0.167. The van der Waals surface area contributed by atoms with Gasteiger partial charge in [0.15, 0.2) is 6.61 Å². The number of carbonyl (C=O) groups excluding carboxylic acids is 2. The largest absolute Gasteiger partial charge is 0.455 e. The van der Waals surface area contributed by atoms with Crippen LogP contribution in [-0.2, 0) is 20.7 Å². The van der Waals surface area contributed by atoms with Crippen LogP contribution in [0.1, 0.15) is 24.1 Å². The Kier molecular flexibility index (Phi) is 7.04. The van der Waals surface area contributed by atoms with E-state index in [4.69, 9.17) is 16.3 Å². The molecule has 0 spiro atoms. The number of hydrogen-bond donors (Lipinski definition) is 1. The lowest BCUT2D eigenvalue weighted by Crippen LogP contribution is -2.31. The molecule has 0 saturated heterocycles. The molecule has 0 radical (unpaired) electrons. The zero-order valence-corrected chi connectivity index (χ0v) is 16.9. The first kappa shape index (κ1) is 20.6. The van der Waals surface area contributed by atoms with Crippen molar-refractivity contribution in [2.45, 2.75) is 19.4 Å². The van der Waals surface area contributed by atoms with E-state index in [1.807, 2.05) is 73.7 Å². The van der Waals surface area contributed by atoms with Crippen molar-refractivity contribution in [1.29, 1.82) is 0 Å². The summed E-state index contributed by atoms with van der Waals surface area (Å²) in [6.07, 6.45) is 0.117. The molecule has 0 aromatic heterocycles. The normalized spacial score (nSPS) is 11.5. The standard InChI is InChI=1S/C24H22ClNO3/c1-17(21-8-5-9-22(25)15-21)26-23(27)16-29-24(28)14-18-10-12-20(13-11-18)19-6-3-2-4-7-19/h2-13,15,17H,14,16H2,1H3,(H,26,27)/t17-/m1/s1. The summed E-state index contributed by atoms with van der Waals surface area (Å²) in [5.41, 5.74) is 3.92. The highest BCUT2D eigenvalue weighted by Gasteiger charge is 2.13. The number of carbonyl (C=O) groups is 2. The van der Waals surface area contributed by atoms with Crippen LogP contribution in [-0.4, -0.2) is 18.5 Å². The first-order valence-electron chi connectivity index (χ1n) is 9.36. The highest BCUT2D eigenvalue weighted by molar-refractivity contribution is 6.30. The topological polar surface area (TPSA) is 55.4 Å². The van der Waals surface area contributed by atoms with Crippen LogP contribution < -0.4 is 5.32 Å². The van der Waals surface area contributed by atoms with Crippen molar-refractivity contribution >= 4 is 23.5 Å². The molecule has 3 aromatic rings. The lowest BCUT2D eigenvalue weighted by molar-refractivity contribution is -0.148. The molecule has 0 aliphatic heterocycles. The van der Waals surface area contributed by atoms with Crippen LogP contribution in [0.4, 0.5) is 0 Å². The summed E-state index contributed by atoms with van der Waals surface area (Å²) in [5.74, 6) is -0.798. The third-order valence-electron chi connectivity index (χ3n) is 4.50. The number of ether oxygens (including phenoxy) is 1. The predicted octanol–water partition coefficient (Wildman–Crippen LogP) is 4.97. The summed E-state index contributed by atoms with van der Waals surface area (Å²) >= 11 is 5.97. The SMILES string of the molecule is C[C@@H](NC(=O)COC(=O)Cc1ccc(-c2ccccc2)cc1)c1cccc(Cl)c1. The molecule has 3 aromatic carbocycles. The van der Waals surface area contributed by atoms with Gasteiger partial charge in [0.2, 0.25) is 0 Å². The quantitative estimate of drug-likeness (QED) is 0.562. The Morgan fingerprint density at radius 3 is 2.31 bits per heavy atom. The second-order valence-electron chi connectivity index (χ2n) is 6.74. The maximum Gasteiger partial charge on any atom is 0.310 e. The van der Waals surface area contributed by atoms with Gasteiger partial charge in [0.25, 0.3) is 5.91 Å². The molecule has 5 heteroatoms. The van der Waals surface area contributed by atoms with Gasteiger partial charge in [-0.3, -0.25) is 9.59 Å². The Labute approximate surface area is 175 Å². The molecule has 1 N–H and O–H groups in total. The van der Waals surface area contributed by atoms with Crippen molar-refractivity contribution in [3.63, 3.8) is 0 Å². The van der Waals surface area contributed by atoms with Crippen LogP contribution in [0.25, 0.3) is 11.1 Å². The monoisotopic (exact) mass is 407 g/mol. The third-order valence-corrected chi connectivity index (χ3v) is 4.74. The Morgan fingerprint density at radius 1 is 0.931 bits per heavy atom. The zero-order chi connectivity index (χ0) is 20.6. The summed E-state index contributed by atoms with van der Waals surface area (Å²) < 4.78 is 5.11. The second-order valence-corrected chi connectivity index (χ2v) is 7.18. The van der Waals surface area contributed by atoms with Crippen molar-refractivity contribution in [3.05, 3.63) is 95.0 Å². The predicted molar refractivity (Wildman–Crippen MR) is 115 cm³/mol. The molecule has 0 fully saturated rings. The van der Waals surface area contributed by atoms with Crippen LogP contribution in [0.5, 0.6) is 0 Å². The fourth-order valence-corrected chi connectivity index (χ4v) is 3.15. The summed E-state index contributed by atoms with van der Waals surface area (Å²) in [6.45, 7) is 1.53. The van der Waals surface area contributed by atoms with Crippen molar-refractivity contribution in [2.24, 2.45) is 0 Å². The van der Waals surface area contributed by atoms with Gasteiger partial charge in [0.05, 0.1) is 12.5 Å². The maximum atomic E-state index is 12.1. The summed E-state index contributed by atoms with van der Waals surface area (Å²) in [6, 6.07) is 24.8. The molecular weight excluding hydrogens is 386 g/mol. The van der Waals surface area contributed by atoms with E-state index in [0.717, 1.165) is 22.3 Å². The molecule has 0 heterocycles. The first-order chi connectivity index (χ1) is 14.0. The van der Waals surface area contributed by atoms with Gasteiger partial charge >= 0.3 is 5.97 Å². The number of nitrogens with one attached hydrogen (secondary N) is 1. The lowest BCUT2D eigenvalue weighted by atomic mass is 10.0. The van der Waals surface area contributed by atoms with Crippen LogP contribution in [0.2, 0.25) is 5.02 Å². The third kappa shape index (κ3) is 6.19. The van der Waals surface area contributed by atoms with Crippen molar-refractivity contribution in [3.8, 4) is 11.1 Å². The number of rotatable bonds is 7. The second kappa shape index (κ2) is 9.89. The zero-order valence-electron chi connectivity index (χ0n) is 16.1. The highest BCUT2D eigenvalue weighted by Crippen LogP contribution is 2.20. The van der Waals surface area contributed by atoms with E-state index in [0.29, 0.717) is 5.02 Å². The molecule has 1 amide bonds. The minimum absolute atomic E-state index is 0.117. The van der Waals surface area contributed by atoms with Gasteiger partial charge in [-0.2, -0.15) is 0 Å². The van der Waals surface area contributed by atoms with Gasteiger partial charge < -0.3 is 10.1 Å². The minimum Gasteiger partial charge on any atom is -0.455 e. The molecule has 0 aliphatic rings. The van der Waals surface area contributed by atoms with Gasteiger partial charge in [0.1, 0.15) is 0 Å². The highest BCUT2D eigenvalue weighted by atomic mass is 35.5. The molecule has 29 heavy (non-hydrogen) atoms. The molecule has 0 saturated carbocycles. The Hall–Kier alpha value is -3.11. The van der Waals surface area contributed by atoms with Gasteiger partial charge in [-0.15, -0.1) is 0 Å². The van der Waals surface area contributed by atoms with Gasteiger partial charge in [-0.1, -0.05) is 78.3 Å². The Morgan fingerprint density at radius 2 is 1.62 bits per heavy atom. The molecule has 0 aliphatic carbocycles. The fourth-order valence-electron chi connectivity index (χ4n) is 2.95. The van der Waals surface area contributed by atoms with E-state index < -0.39 is 5.97 Å². The molecule has 3 rings (SSSR count). The lowest BCUT2D eigenvalue weighted by Gasteiger charge is -2.14. The van der Waals surface area contributed by atoms with E-state index in [1.54, 1.807) is 12.1 Å². The molecule has 0 unspecified atom stereocenters. The van der Waals surface area contributed by atoms with Gasteiger partial charge in [-0.25, -0.2) is 0 Å². The molecule has 148 valence electrons. The van der Waals surface area contributed by atoms with Crippen LogP contribution in [0.15, 0.2) is 78.9 Å². The smallest absolute Gasteiger partial charge is 0.310 e. The average molecular weight is 408 g/mol. The summed E-state index contributed by atoms with van der Waals surface area (Å²) in [5, 5.41) is 3.40. The molecule has 1 atom stereocenters. The number of esters is 1. The maximum absolute atomic E-state index is 12.1. The van der Waals surface area contributed by atoms with E-state index in [1.165, 1.54) is 0 Å². The molecule has 4 nitrogen and oxygen atoms in total. The Bertz CT molecular complexity index is 971. The molecular formula is C24H22ClNO3. The average Bonchev–Trinajstić information content (AvgIpc) is 2.73. The van der Waals surface area contributed by atoms with E-state index in [-0.39, 0.29) is 25.0 Å². The summed E-state index contributed by atoms with van der Waals surface area (Å²) in [4.78, 5) is 24.1. The van der Waals surface area contributed by atoms with Gasteiger partial charge in [0, 0.05) is 5.02 Å². The minimum atomic E-state index is -0.442. The number of benzene rings is 3. The number of halogens is 1. The molecule has 0 bridgehead atoms. The van der Waals surface area contributed by atoms with Crippen LogP contribution in [0, 0.1) is 0 Å². The number of hydrogen-bond acceptors (Lipinski definition) is 3. The van der Waals surface area contributed by atoms with E-state index in [9.17, 15) is 9.59 Å². The van der Waals surface area contributed by atoms with Crippen LogP contribution in [0.3, 0.4) is 0 Å². The van der Waals surface area contributed by atoms with Crippen LogP contribution >= 0.6 is 11.6 Å². The van der Waals surface area contributed by atoms with Crippen molar-refractivity contribution in [2.75, 3.05) is 6.61 Å². The Balaban J connectivity index is 1.46. The number of amides is 1. The summed E-state index contributed by atoms with van der Waals surface area (Å²) in [7, 11) is 0.